The summed E-state index contributed by atoms with van der Waals surface area (Å²) in [7, 11) is 0. The van der Waals surface area contributed by atoms with Gasteiger partial charge in [0.1, 0.15) is 24.4 Å². The molecule has 0 unspecified atom stereocenters. The number of phenols is 2. The molecule has 0 aliphatic carbocycles. The average Bonchev–Trinajstić information content (AvgIpc) is 2.60. The Morgan fingerprint density at radius 3 is 2.38 bits per heavy atom. The van der Waals surface area contributed by atoms with Gasteiger partial charge in [-0.2, -0.15) is 0 Å². The summed E-state index contributed by atoms with van der Waals surface area (Å²) in [6.07, 6.45) is -7.28. The first-order valence-electron chi connectivity index (χ1n) is 8.01. The molecule has 5 atom stereocenters. The number of phenolic OH excluding ortho intramolecular Hbond substituents is 2. The van der Waals surface area contributed by atoms with E-state index in [1.807, 2.05) is 0 Å². The summed E-state index contributed by atoms with van der Waals surface area (Å²) in [4.78, 5) is 11.4. The highest BCUT2D eigenvalue weighted by molar-refractivity contribution is 5.91. The molecule has 0 radical (unpaired) electrons. The fourth-order valence-electron chi connectivity index (χ4n) is 2.77. The van der Waals surface area contributed by atoms with Crippen LogP contribution in [0.1, 0.15) is 29.3 Å². The summed E-state index contributed by atoms with van der Waals surface area (Å²) in [5, 5.41) is 68.0. The fraction of sp³-hybridized carbons (Fsp3) is 0.562. The molecule has 0 saturated carbocycles. The van der Waals surface area contributed by atoms with Gasteiger partial charge in [-0.05, 0) is 12.5 Å². The van der Waals surface area contributed by atoms with Crippen molar-refractivity contribution in [2.24, 2.45) is 0 Å². The molecule has 0 spiro atoms. The van der Waals surface area contributed by atoms with Gasteiger partial charge in [-0.1, -0.05) is 13.3 Å². The monoisotopic (exact) mass is 374 g/mol. The number of hydrogen-bond donors (Lipinski definition) is 7. The van der Waals surface area contributed by atoms with Crippen molar-refractivity contribution in [2.75, 3.05) is 6.61 Å². The maximum absolute atomic E-state index is 11.4. The standard InChI is InChI=1S/C16H22O10/c1-2-3-6-7(15(23)24)4-8(18)10(19)14(6)26-16-13(22)12(21)11(20)9(5-17)25-16/h4,9,11-13,16-22H,2-3,5H2,1H3,(H,23,24)/t9-,11-,12+,13-,16-/m1/s1. The van der Waals surface area contributed by atoms with Crippen molar-refractivity contribution in [3.05, 3.63) is 17.2 Å². The zero-order chi connectivity index (χ0) is 19.6. The molecule has 0 amide bonds. The number of aliphatic hydroxyl groups is 4. The summed E-state index contributed by atoms with van der Waals surface area (Å²) >= 11 is 0. The van der Waals surface area contributed by atoms with Crippen LogP contribution in [0.3, 0.4) is 0 Å². The van der Waals surface area contributed by atoms with Crippen molar-refractivity contribution in [3.63, 3.8) is 0 Å². The van der Waals surface area contributed by atoms with E-state index in [4.69, 9.17) is 9.47 Å². The highest BCUT2D eigenvalue weighted by Crippen LogP contribution is 2.42. The molecule has 0 aromatic heterocycles. The second-order valence-electron chi connectivity index (χ2n) is 5.97. The quantitative estimate of drug-likeness (QED) is 0.303. The molecule has 0 bridgehead atoms. The normalized spacial score (nSPS) is 28.7. The van der Waals surface area contributed by atoms with E-state index in [1.165, 1.54) is 0 Å². The summed E-state index contributed by atoms with van der Waals surface area (Å²) in [6.45, 7) is 1.08. The van der Waals surface area contributed by atoms with Crippen LogP contribution in [0.5, 0.6) is 17.2 Å². The van der Waals surface area contributed by atoms with Crippen LogP contribution < -0.4 is 4.74 Å². The van der Waals surface area contributed by atoms with E-state index in [2.05, 4.69) is 0 Å². The van der Waals surface area contributed by atoms with Gasteiger partial charge in [0.2, 0.25) is 12.0 Å². The van der Waals surface area contributed by atoms with E-state index in [0.717, 1.165) is 6.07 Å². The van der Waals surface area contributed by atoms with Crippen molar-refractivity contribution >= 4 is 5.97 Å². The van der Waals surface area contributed by atoms with Gasteiger partial charge in [-0.3, -0.25) is 0 Å². The van der Waals surface area contributed by atoms with Crippen molar-refractivity contribution in [3.8, 4) is 17.2 Å². The molecular weight excluding hydrogens is 352 g/mol. The van der Waals surface area contributed by atoms with E-state index in [1.54, 1.807) is 6.92 Å². The van der Waals surface area contributed by atoms with Crippen molar-refractivity contribution in [2.45, 2.75) is 50.5 Å². The molecule has 1 aromatic carbocycles. The molecule has 1 aliphatic heterocycles. The summed E-state index contributed by atoms with van der Waals surface area (Å²) in [6, 6.07) is 0.878. The molecule has 2 rings (SSSR count). The molecule has 26 heavy (non-hydrogen) atoms. The molecule has 10 nitrogen and oxygen atoms in total. The largest absolute Gasteiger partial charge is 0.504 e. The van der Waals surface area contributed by atoms with Crippen LogP contribution in [0.2, 0.25) is 0 Å². The predicted molar refractivity (Wildman–Crippen MR) is 85.1 cm³/mol. The maximum Gasteiger partial charge on any atom is 0.336 e. The van der Waals surface area contributed by atoms with Crippen molar-refractivity contribution in [1.29, 1.82) is 0 Å². The minimum Gasteiger partial charge on any atom is -0.504 e. The number of aliphatic hydroxyl groups excluding tert-OH is 4. The SMILES string of the molecule is CCCc1c(C(=O)O)cc(O)c(O)c1O[C@H]1O[C@H](CO)[C@@H](O)[C@H](O)[C@H]1O. The number of carboxylic acids is 1. The molecule has 1 fully saturated rings. The Labute approximate surface area is 148 Å². The lowest BCUT2D eigenvalue weighted by Gasteiger charge is -2.39. The van der Waals surface area contributed by atoms with Crippen LogP contribution in [0.15, 0.2) is 6.07 Å². The van der Waals surface area contributed by atoms with Crippen LogP contribution in [0.4, 0.5) is 0 Å². The summed E-state index contributed by atoms with van der Waals surface area (Å²) in [5.41, 5.74) is -0.242. The zero-order valence-electron chi connectivity index (χ0n) is 13.9. The first-order chi connectivity index (χ1) is 12.2. The predicted octanol–water partition coefficient (Wildman–Crippen LogP) is -1.07. The van der Waals surface area contributed by atoms with E-state index in [9.17, 15) is 40.5 Å². The lowest BCUT2D eigenvalue weighted by Crippen LogP contribution is -2.60. The number of aromatic carboxylic acids is 1. The highest BCUT2D eigenvalue weighted by atomic mass is 16.7. The molecule has 146 valence electrons. The molecule has 10 heteroatoms. The number of carboxylic acid groups (broad SMARTS) is 1. The number of benzene rings is 1. The van der Waals surface area contributed by atoms with Crippen molar-refractivity contribution in [1.82, 2.24) is 0 Å². The van der Waals surface area contributed by atoms with E-state index in [0.29, 0.717) is 6.42 Å². The third-order valence-electron chi connectivity index (χ3n) is 4.15. The molecule has 1 aromatic rings. The lowest BCUT2D eigenvalue weighted by atomic mass is 9.98. The number of carbonyl (C=O) groups is 1. The maximum atomic E-state index is 11.4. The minimum absolute atomic E-state index is 0.0623. The minimum atomic E-state index is -1.75. The highest BCUT2D eigenvalue weighted by Gasteiger charge is 2.45. The van der Waals surface area contributed by atoms with Gasteiger partial charge < -0.3 is 45.2 Å². The molecule has 7 N–H and O–H groups in total. The van der Waals surface area contributed by atoms with Gasteiger partial charge >= 0.3 is 5.97 Å². The van der Waals surface area contributed by atoms with Crippen LogP contribution in [0, 0.1) is 0 Å². The van der Waals surface area contributed by atoms with Crippen LogP contribution in [-0.2, 0) is 11.2 Å². The first kappa shape index (κ1) is 20.2. The average molecular weight is 374 g/mol. The number of aromatic hydroxyl groups is 2. The van der Waals surface area contributed by atoms with Gasteiger partial charge in [0.25, 0.3) is 0 Å². The van der Waals surface area contributed by atoms with Crippen molar-refractivity contribution < 1.29 is 50.0 Å². The second kappa shape index (κ2) is 8.06. The second-order valence-corrected chi connectivity index (χ2v) is 5.97. The van der Waals surface area contributed by atoms with Gasteiger partial charge in [0.15, 0.2) is 11.5 Å². The molecular formula is C16H22O10. The fourth-order valence-corrected chi connectivity index (χ4v) is 2.77. The third kappa shape index (κ3) is 3.69. The Morgan fingerprint density at radius 2 is 1.85 bits per heavy atom. The van der Waals surface area contributed by atoms with E-state index < -0.39 is 60.5 Å². The summed E-state index contributed by atoms with van der Waals surface area (Å²) < 4.78 is 10.6. The van der Waals surface area contributed by atoms with Gasteiger partial charge in [0, 0.05) is 5.56 Å². The Kier molecular flexibility index (Phi) is 6.26. The number of ether oxygens (including phenoxy) is 2. The molecule has 1 saturated heterocycles. The third-order valence-corrected chi connectivity index (χ3v) is 4.15. The van der Waals surface area contributed by atoms with Gasteiger partial charge in [-0.25, -0.2) is 4.79 Å². The summed E-state index contributed by atoms with van der Waals surface area (Å²) in [5.74, 6) is -3.28. The zero-order valence-corrected chi connectivity index (χ0v) is 13.9. The Bertz CT molecular complexity index is 659. The van der Waals surface area contributed by atoms with E-state index >= 15 is 0 Å². The van der Waals surface area contributed by atoms with Crippen LogP contribution >= 0.6 is 0 Å². The van der Waals surface area contributed by atoms with Crippen LogP contribution in [0.25, 0.3) is 0 Å². The number of hydrogen-bond acceptors (Lipinski definition) is 9. The van der Waals surface area contributed by atoms with Gasteiger partial charge in [0.05, 0.1) is 12.2 Å². The Hall–Kier alpha value is -2.11. The Balaban J connectivity index is 2.45. The van der Waals surface area contributed by atoms with E-state index in [-0.39, 0.29) is 17.5 Å². The smallest absolute Gasteiger partial charge is 0.336 e. The Morgan fingerprint density at radius 1 is 1.19 bits per heavy atom. The van der Waals surface area contributed by atoms with Gasteiger partial charge in [-0.15, -0.1) is 0 Å². The molecule has 1 aliphatic rings. The topological polar surface area (TPSA) is 177 Å². The molecule has 1 heterocycles. The first-order valence-corrected chi connectivity index (χ1v) is 8.01. The number of rotatable bonds is 6. The lowest BCUT2D eigenvalue weighted by molar-refractivity contribution is -0.277. The van der Waals surface area contributed by atoms with Crippen LogP contribution in [-0.4, -0.2) is 79.0 Å².